The predicted molar refractivity (Wildman–Crippen MR) is 109 cm³/mol. The lowest BCUT2D eigenvalue weighted by Crippen LogP contribution is -2.34. The van der Waals surface area contributed by atoms with Gasteiger partial charge in [-0.2, -0.15) is 0 Å². The molecule has 150 valence electrons. The van der Waals surface area contributed by atoms with Crippen molar-refractivity contribution in [1.82, 2.24) is 19.7 Å². The van der Waals surface area contributed by atoms with Gasteiger partial charge in [-0.1, -0.05) is 42.1 Å². The zero-order chi connectivity index (χ0) is 20.1. The molecule has 2 amide bonds. The van der Waals surface area contributed by atoms with Gasteiger partial charge in [0.05, 0.1) is 0 Å². The average Bonchev–Trinajstić information content (AvgIpc) is 3.46. The molecule has 8 heteroatoms. The Balaban J connectivity index is 1.92. The Morgan fingerprint density at radius 1 is 1.21 bits per heavy atom. The summed E-state index contributed by atoms with van der Waals surface area (Å²) in [5, 5.41) is 8.98. The van der Waals surface area contributed by atoms with Crippen LogP contribution in [0.25, 0.3) is 0 Å². The normalized spacial score (nSPS) is 14.6. The van der Waals surface area contributed by atoms with E-state index >= 15 is 0 Å². The second-order valence-electron chi connectivity index (χ2n) is 6.90. The van der Waals surface area contributed by atoms with Crippen molar-refractivity contribution in [1.29, 1.82) is 0 Å². The summed E-state index contributed by atoms with van der Waals surface area (Å²) in [5.41, 5.74) is 6.29. The van der Waals surface area contributed by atoms with E-state index < -0.39 is 5.25 Å². The van der Waals surface area contributed by atoms with Gasteiger partial charge in [0.2, 0.25) is 11.8 Å². The minimum absolute atomic E-state index is 0.0543. The van der Waals surface area contributed by atoms with Crippen LogP contribution in [0.4, 0.5) is 0 Å². The summed E-state index contributed by atoms with van der Waals surface area (Å²) in [4.78, 5) is 26.4. The van der Waals surface area contributed by atoms with E-state index in [0.29, 0.717) is 30.7 Å². The van der Waals surface area contributed by atoms with Gasteiger partial charge in [-0.15, -0.1) is 10.2 Å². The molecule has 0 radical (unpaired) electrons. The Labute approximate surface area is 169 Å². The second-order valence-corrected chi connectivity index (χ2v) is 7.97. The molecule has 1 heterocycles. The molecular weight excluding hydrogens is 374 g/mol. The summed E-state index contributed by atoms with van der Waals surface area (Å²) in [6.07, 6.45) is 2.39. The van der Waals surface area contributed by atoms with E-state index in [0.717, 1.165) is 24.2 Å². The van der Waals surface area contributed by atoms with Crippen molar-refractivity contribution in [3.05, 3.63) is 41.7 Å². The molecule has 1 aliphatic rings. The van der Waals surface area contributed by atoms with Crippen LogP contribution in [0.2, 0.25) is 0 Å². The van der Waals surface area contributed by atoms with Gasteiger partial charge in [0, 0.05) is 32.0 Å². The maximum absolute atomic E-state index is 13.2. The van der Waals surface area contributed by atoms with Crippen molar-refractivity contribution in [3.8, 4) is 0 Å². The highest BCUT2D eigenvalue weighted by Crippen LogP contribution is 2.42. The van der Waals surface area contributed by atoms with Crippen LogP contribution < -0.4 is 5.73 Å². The van der Waals surface area contributed by atoms with Gasteiger partial charge in [-0.05, 0) is 32.3 Å². The Kier molecular flexibility index (Phi) is 6.72. The minimum Gasteiger partial charge on any atom is -0.370 e. The number of primary amides is 1. The number of likely N-dealkylation sites (N-methyl/N-ethyl adjacent to an activating group) is 1. The predicted octanol–water partition coefficient (Wildman–Crippen LogP) is 2.73. The van der Waals surface area contributed by atoms with Gasteiger partial charge in [0.1, 0.15) is 11.1 Å². The maximum Gasteiger partial charge on any atom is 0.240 e. The average molecular weight is 402 g/mol. The number of thioether (sulfide) groups is 1. The number of rotatable bonds is 10. The number of aromatic nitrogens is 3. The lowest BCUT2D eigenvalue weighted by atomic mass is 10.1. The summed E-state index contributed by atoms with van der Waals surface area (Å²) < 4.78 is 1.97. The summed E-state index contributed by atoms with van der Waals surface area (Å²) in [6, 6.07) is 9.74. The van der Waals surface area contributed by atoms with Crippen LogP contribution >= 0.6 is 11.8 Å². The molecule has 2 N–H and O–H groups in total. The molecule has 1 saturated carbocycles. The quantitative estimate of drug-likeness (QED) is 0.618. The van der Waals surface area contributed by atoms with Crippen molar-refractivity contribution in [2.45, 2.75) is 56.0 Å². The van der Waals surface area contributed by atoms with Crippen molar-refractivity contribution in [2.24, 2.45) is 5.73 Å². The molecule has 3 rings (SSSR count). The third-order valence-electron chi connectivity index (χ3n) is 4.89. The number of amides is 2. The van der Waals surface area contributed by atoms with E-state index in [1.165, 1.54) is 11.8 Å². The number of hydrogen-bond acceptors (Lipinski definition) is 5. The van der Waals surface area contributed by atoms with Gasteiger partial charge in [-0.25, -0.2) is 0 Å². The van der Waals surface area contributed by atoms with E-state index in [1.807, 2.05) is 53.6 Å². The van der Waals surface area contributed by atoms with Gasteiger partial charge >= 0.3 is 0 Å². The van der Waals surface area contributed by atoms with Crippen molar-refractivity contribution in [2.75, 3.05) is 13.1 Å². The first-order chi connectivity index (χ1) is 13.5. The molecule has 0 bridgehead atoms. The lowest BCUT2D eigenvalue weighted by molar-refractivity contribution is -0.130. The summed E-state index contributed by atoms with van der Waals surface area (Å²) in [6.45, 7) is 5.71. The fraction of sp³-hybridized carbons (Fsp3) is 0.500. The van der Waals surface area contributed by atoms with Gasteiger partial charge in [0.25, 0.3) is 0 Å². The van der Waals surface area contributed by atoms with Crippen LogP contribution in [0.15, 0.2) is 35.5 Å². The monoisotopic (exact) mass is 401 g/mol. The molecule has 0 spiro atoms. The maximum atomic E-state index is 13.2. The van der Waals surface area contributed by atoms with Crippen molar-refractivity contribution < 1.29 is 9.59 Å². The number of carbonyl (C=O) groups excluding carboxylic acids is 2. The highest BCUT2D eigenvalue weighted by molar-refractivity contribution is 8.00. The number of hydrogen-bond donors (Lipinski definition) is 1. The third-order valence-corrected chi connectivity index (χ3v) is 6.12. The molecule has 0 saturated heterocycles. The number of benzene rings is 1. The van der Waals surface area contributed by atoms with Gasteiger partial charge in [-0.3, -0.25) is 9.59 Å². The molecule has 1 unspecified atom stereocenters. The highest BCUT2D eigenvalue weighted by Gasteiger charge is 2.33. The van der Waals surface area contributed by atoms with Gasteiger partial charge < -0.3 is 15.2 Å². The van der Waals surface area contributed by atoms with E-state index in [9.17, 15) is 9.59 Å². The molecule has 1 fully saturated rings. The Hall–Kier alpha value is -2.35. The standard InChI is InChI=1S/C20H27N5O2S/c1-3-24(4-2)19(27)17(14-8-6-5-7-9-14)28-20-23-22-18(15-10-11-15)25(20)13-12-16(21)26/h5-9,15,17H,3-4,10-13H2,1-2H3,(H2,21,26). The van der Waals surface area contributed by atoms with E-state index in [4.69, 9.17) is 5.73 Å². The second kappa shape index (κ2) is 9.23. The van der Waals surface area contributed by atoms with Gasteiger partial charge in [0.15, 0.2) is 5.16 Å². The van der Waals surface area contributed by atoms with Crippen LogP contribution in [0.5, 0.6) is 0 Å². The van der Waals surface area contributed by atoms with E-state index in [2.05, 4.69) is 10.2 Å². The van der Waals surface area contributed by atoms with E-state index in [-0.39, 0.29) is 18.2 Å². The summed E-state index contributed by atoms with van der Waals surface area (Å²) >= 11 is 1.40. The topological polar surface area (TPSA) is 94.1 Å². The number of nitrogens with zero attached hydrogens (tertiary/aromatic N) is 4. The molecule has 2 aromatic rings. The third kappa shape index (κ3) is 4.73. The first-order valence-corrected chi connectivity index (χ1v) is 10.6. The summed E-state index contributed by atoms with van der Waals surface area (Å²) in [7, 11) is 0. The molecule has 1 aromatic heterocycles. The fourth-order valence-electron chi connectivity index (χ4n) is 3.16. The molecule has 0 aliphatic heterocycles. The van der Waals surface area contributed by atoms with Crippen molar-refractivity contribution >= 4 is 23.6 Å². The van der Waals surface area contributed by atoms with Crippen molar-refractivity contribution in [3.63, 3.8) is 0 Å². The zero-order valence-corrected chi connectivity index (χ0v) is 17.2. The molecule has 7 nitrogen and oxygen atoms in total. The zero-order valence-electron chi connectivity index (χ0n) is 16.4. The minimum atomic E-state index is -0.412. The molecule has 1 atom stereocenters. The van der Waals surface area contributed by atoms with Crippen LogP contribution in [0.3, 0.4) is 0 Å². The van der Waals surface area contributed by atoms with Crippen LogP contribution in [-0.4, -0.2) is 44.6 Å². The first kappa shape index (κ1) is 20.4. The molecule has 1 aliphatic carbocycles. The largest absolute Gasteiger partial charge is 0.370 e. The molecular formula is C20H27N5O2S. The first-order valence-electron chi connectivity index (χ1n) is 9.76. The Morgan fingerprint density at radius 3 is 2.46 bits per heavy atom. The number of carbonyl (C=O) groups is 2. The van der Waals surface area contributed by atoms with E-state index in [1.54, 1.807) is 0 Å². The molecule has 1 aromatic carbocycles. The highest BCUT2D eigenvalue weighted by atomic mass is 32.2. The van der Waals surface area contributed by atoms with Crippen LogP contribution in [-0.2, 0) is 16.1 Å². The Bertz CT molecular complexity index is 815. The van der Waals surface area contributed by atoms with Crippen LogP contribution in [0.1, 0.15) is 55.7 Å². The SMILES string of the molecule is CCN(CC)C(=O)C(Sc1nnc(C2CC2)n1CCC(N)=O)c1ccccc1. The Morgan fingerprint density at radius 2 is 1.89 bits per heavy atom. The molecule has 28 heavy (non-hydrogen) atoms. The lowest BCUT2D eigenvalue weighted by Gasteiger charge is -2.25. The van der Waals surface area contributed by atoms with Crippen LogP contribution in [0, 0.1) is 0 Å². The smallest absolute Gasteiger partial charge is 0.240 e. The fourth-order valence-corrected chi connectivity index (χ4v) is 4.31. The summed E-state index contributed by atoms with van der Waals surface area (Å²) in [5.74, 6) is 0.984. The number of nitrogens with two attached hydrogens (primary N) is 1.